The first-order valence-corrected chi connectivity index (χ1v) is 11.3. The first-order valence-electron chi connectivity index (χ1n) is 10.1. The minimum absolute atomic E-state index is 0.0145. The number of hydrogen-bond acceptors (Lipinski definition) is 7. The van der Waals surface area contributed by atoms with E-state index >= 15 is 0 Å². The summed E-state index contributed by atoms with van der Waals surface area (Å²) in [6, 6.07) is 16.2. The van der Waals surface area contributed by atoms with Gasteiger partial charge in [-0.2, -0.15) is 5.10 Å². The summed E-state index contributed by atoms with van der Waals surface area (Å²) in [4.78, 5) is 22.9. The molecule has 1 heterocycles. The molecule has 35 heavy (non-hydrogen) atoms. The predicted molar refractivity (Wildman–Crippen MR) is 134 cm³/mol. The summed E-state index contributed by atoms with van der Waals surface area (Å²) in [7, 11) is 1.49. The maximum atomic E-state index is 12.4. The van der Waals surface area contributed by atoms with Crippen molar-refractivity contribution in [3.8, 4) is 11.5 Å². The number of furan rings is 1. The lowest BCUT2D eigenvalue weighted by molar-refractivity contribution is -0.384. The van der Waals surface area contributed by atoms with Crippen LogP contribution in [0.2, 0.25) is 5.02 Å². The number of carbonyl (C=O) groups is 1. The number of nitrogens with one attached hydrogen (secondary N) is 1. The summed E-state index contributed by atoms with van der Waals surface area (Å²) in [5, 5.41) is 16.2. The molecule has 0 atom stereocenters. The van der Waals surface area contributed by atoms with E-state index in [2.05, 4.69) is 26.5 Å². The topological polar surface area (TPSA) is 116 Å². The van der Waals surface area contributed by atoms with Gasteiger partial charge in [0.2, 0.25) is 0 Å². The van der Waals surface area contributed by atoms with Crippen molar-refractivity contribution in [2.45, 2.75) is 6.61 Å². The third-order valence-corrected chi connectivity index (χ3v) is 5.79. The zero-order chi connectivity index (χ0) is 24.9. The quantitative estimate of drug-likeness (QED) is 0.158. The molecule has 0 spiro atoms. The SMILES string of the molecule is COc1cc(/C=N/NC(=O)c2cc3cc(Cl)ccc3o2)c(Br)cc1OCc1cccc([N+](=O)[O-])c1. The van der Waals surface area contributed by atoms with Crippen LogP contribution >= 0.6 is 27.5 Å². The molecule has 0 unspecified atom stereocenters. The standard InChI is InChI=1S/C24H17BrClN3O6/c1-33-21-10-16(12-27-28-24(30)23-9-15-8-17(26)5-6-20(15)35-23)19(25)11-22(21)34-13-14-3-2-4-18(7-14)29(31)32/h2-12H,13H2,1H3,(H,28,30)/b27-12+. The molecule has 0 saturated heterocycles. The second-order valence-electron chi connectivity index (χ2n) is 7.23. The number of hydrazone groups is 1. The maximum absolute atomic E-state index is 12.4. The van der Waals surface area contributed by atoms with Gasteiger partial charge in [0, 0.05) is 32.6 Å². The average Bonchev–Trinajstić information content (AvgIpc) is 3.27. The van der Waals surface area contributed by atoms with Gasteiger partial charge in [-0.1, -0.05) is 23.7 Å². The summed E-state index contributed by atoms with van der Waals surface area (Å²) in [5.41, 5.74) is 4.19. The Hall–Kier alpha value is -3.89. The van der Waals surface area contributed by atoms with E-state index in [1.54, 1.807) is 48.5 Å². The number of carbonyl (C=O) groups excluding carboxylic acids is 1. The van der Waals surface area contributed by atoms with Crippen LogP contribution in [0.25, 0.3) is 11.0 Å². The molecule has 0 bridgehead atoms. The first kappa shape index (κ1) is 24.2. The predicted octanol–water partition coefficient (Wildman–Crippen LogP) is 6.11. The lowest BCUT2D eigenvalue weighted by Crippen LogP contribution is -2.16. The number of nitro groups is 1. The number of amides is 1. The van der Waals surface area contributed by atoms with Gasteiger partial charge in [0.15, 0.2) is 17.3 Å². The van der Waals surface area contributed by atoms with Gasteiger partial charge in [0.05, 0.1) is 18.2 Å². The summed E-state index contributed by atoms with van der Waals surface area (Å²) in [6.07, 6.45) is 1.44. The molecule has 4 aromatic rings. The number of benzene rings is 3. The molecule has 1 aromatic heterocycles. The van der Waals surface area contributed by atoms with Crippen LogP contribution in [0.3, 0.4) is 0 Å². The Kier molecular flexibility index (Phi) is 7.33. The van der Waals surface area contributed by atoms with Gasteiger partial charge in [-0.15, -0.1) is 0 Å². The number of halogens is 2. The summed E-state index contributed by atoms with van der Waals surface area (Å²) in [6.45, 7) is 0.108. The highest BCUT2D eigenvalue weighted by Crippen LogP contribution is 2.33. The Labute approximate surface area is 212 Å². The molecule has 0 aliphatic carbocycles. The molecule has 3 aromatic carbocycles. The van der Waals surface area contributed by atoms with Crippen molar-refractivity contribution in [3.63, 3.8) is 0 Å². The van der Waals surface area contributed by atoms with Crippen molar-refractivity contribution < 1.29 is 23.6 Å². The van der Waals surface area contributed by atoms with Crippen molar-refractivity contribution in [1.82, 2.24) is 5.43 Å². The van der Waals surface area contributed by atoms with Crippen molar-refractivity contribution in [3.05, 3.63) is 97.2 Å². The van der Waals surface area contributed by atoms with E-state index in [1.807, 2.05) is 0 Å². The van der Waals surface area contributed by atoms with Crippen molar-refractivity contribution in [2.75, 3.05) is 7.11 Å². The second kappa shape index (κ2) is 10.6. The highest BCUT2D eigenvalue weighted by molar-refractivity contribution is 9.10. The van der Waals surface area contributed by atoms with Crippen LogP contribution in [0.4, 0.5) is 5.69 Å². The highest BCUT2D eigenvalue weighted by Gasteiger charge is 2.13. The molecular weight excluding hydrogens is 542 g/mol. The minimum Gasteiger partial charge on any atom is -0.493 e. The Morgan fingerprint density at radius 1 is 1.20 bits per heavy atom. The molecule has 0 aliphatic heterocycles. The molecule has 1 amide bonds. The van der Waals surface area contributed by atoms with Gasteiger partial charge in [-0.3, -0.25) is 14.9 Å². The number of ether oxygens (including phenoxy) is 2. The molecule has 0 saturated carbocycles. The Balaban J connectivity index is 1.44. The van der Waals surface area contributed by atoms with E-state index in [0.717, 1.165) is 0 Å². The summed E-state index contributed by atoms with van der Waals surface area (Å²) in [5.74, 6) is 0.420. The Morgan fingerprint density at radius 2 is 2.03 bits per heavy atom. The van der Waals surface area contributed by atoms with Gasteiger partial charge in [-0.25, -0.2) is 5.43 Å². The van der Waals surface area contributed by atoms with Crippen molar-refractivity contribution in [1.29, 1.82) is 0 Å². The van der Waals surface area contributed by atoms with Gasteiger partial charge >= 0.3 is 5.91 Å². The van der Waals surface area contributed by atoms with Crippen LogP contribution < -0.4 is 14.9 Å². The molecule has 1 N–H and O–H groups in total. The summed E-state index contributed by atoms with van der Waals surface area (Å²) >= 11 is 9.41. The highest BCUT2D eigenvalue weighted by atomic mass is 79.9. The molecule has 4 rings (SSSR count). The number of rotatable bonds is 8. The van der Waals surface area contributed by atoms with Crippen LogP contribution in [0.5, 0.6) is 11.5 Å². The van der Waals surface area contributed by atoms with Gasteiger partial charge in [-0.05, 0) is 57.9 Å². The summed E-state index contributed by atoms with van der Waals surface area (Å²) < 4.78 is 17.4. The molecule has 11 heteroatoms. The normalized spacial score (nSPS) is 11.1. The molecular formula is C24H17BrClN3O6. The largest absolute Gasteiger partial charge is 0.493 e. The molecule has 0 fully saturated rings. The van der Waals surface area contributed by atoms with Crippen LogP contribution in [0, 0.1) is 10.1 Å². The first-order chi connectivity index (χ1) is 16.8. The van der Waals surface area contributed by atoms with Gasteiger partial charge in [0.1, 0.15) is 12.2 Å². The smallest absolute Gasteiger partial charge is 0.307 e. The van der Waals surface area contributed by atoms with Gasteiger partial charge < -0.3 is 13.9 Å². The fraction of sp³-hybridized carbons (Fsp3) is 0.0833. The number of nitrogens with zero attached hydrogens (tertiary/aromatic N) is 2. The molecule has 0 aliphatic rings. The maximum Gasteiger partial charge on any atom is 0.307 e. The van der Waals surface area contributed by atoms with Crippen LogP contribution in [-0.4, -0.2) is 24.2 Å². The average molecular weight is 559 g/mol. The molecule has 0 radical (unpaired) electrons. The lowest BCUT2D eigenvalue weighted by atomic mass is 10.2. The van der Waals surface area contributed by atoms with Crippen molar-refractivity contribution in [2.24, 2.45) is 5.10 Å². The van der Waals surface area contributed by atoms with Crippen LogP contribution in [0.15, 0.2) is 74.7 Å². The Bertz CT molecular complexity index is 1450. The zero-order valence-electron chi connectivity index (χ0n) is 18.2. The fourth-order valence-electron chi connectivity index (χ4n) is 3.18. The molecule has 9 nitrogen and oxygen atoms in total. The van der Waals surface area contributed by atoms with E-state index < -0.39 is 10.8 Å². The third kappa shape index (κ3) is 5.79. The van der Waals surface area contributed by atoms with E-state index in [4.69, 9.17) is 25.5 Å². The molecule has 178 valence electrons. The second-order valence-corrected chi connectivity index (χ2v) is 8.52. The van der Waals surface area contributed by atoms with Crippen LogP contribution in [0.1, 0.15) is 21.7 Å². The number of non-ortho nitro benzene ring substituents is 1. The Morgan fingerprint density at radius 3 is 2.80 bits per heavy atom. The minimum atomic E-state index is -0.520. The van der Waals surface area contributed by atoms with E-state index in [9.17, 15) is 14.9 Å². The van der Waals surface area contributed by atoms with Crippen molar-refractivity contribution >= 4 is 56.3 Å². The van der Waals surface area contributed by atoms with E-state index in [-0.39, 0.29) is 18.1 Å². The van der Waals surface area contributed by atoms with Crippen LogP contribution in [-0.2, 0) is 6.61 Å². The monoisotopic (exact) mass is 557 g/mol. The fourth-order valence-corrected chi connectivity index (χ4v) is 3.79. The number of nitro benzene ring substituents is 1. The lowest BCUT2D eigenvalue weighted by Gasteiger charge is -2.12. The van der Waals surface area contributed by atoms with E-state index in [0.29, 0.717) is 43.1 Å². The van der Waals surface area contributed by atoms with Gasteiger partial charge in [0.25, 0.3) is 5.69 Å². The third-order valence-electron chi connectivity index (χ3n) is 4.87. The zero-order valence-corrected chi connectivity index (χ0v) is 20.5. The number of methoxy groups -OCH3 is 1. The number of fused-ring (bicyclic) bond motifs is 1. The number of hydrogen-bond donors (Lipinski definition) is 1. The van der Waals surface area contributed by atoms with E-state index in [1.165, 1.54) is 25.5 Å².